The Morgan fingerprint density at radius 1 is 1.03 bits per heavy atom. The summed E-state index contributed by atoms with van der Waals surface area (Å²) in [6.45, 7) is 21.6. The summed E-state index contributed by atoms with van der Waals surface area (Å²) >= 11 is 0. The summed E-state index contributed by atoms with van der Waals surface area (Å²) in [7, 11) is 0. The Balaban J connectivity index is 2.12. The standard InChI is InChI=1S/C34H37FN/c1-9-14-16-22(10-2)24-21-36-31-28-23(24)17-15-18-25(28)32(6,7)30-27(35)20-19-26(29(30)31)33(8,11-3)34(36,12-4)13-5/h9-10,12,14-21H,1,4,11,13H2,2-3,5-8H3/q+1. The number of nitrogens with zero attached hydrogens (tertiary/aromatic N) is 1. The normalized spacial score (nSPS) is 23.8. The zero-order chi connectivity index (χ0) is 26.0. The molecule has 2 unspecified atom stereocenters. The highest BCUT2D eigenvalue weighted by molar-refractivity contribution is 6.06. The van der Waals surface area contributed by atoms with Crippen LogP contribution in [-0.2, 0) is 16.4 Å². The number of hydrogen-bond acceptors (Lipinski definition) is 0. The molecule has 0 saturated heterocycles. The van der Waals surface area contributed by atoms with E-state index in [1.165, 1.54) is 27.5 Å². The Hall–Kier alpha value is -3.26. The zero-order valence-corrected chi connectivity index (χ0v) is 22.5. The van der Waals surface area contributed by atoms with Crippen molar-refractivity contribution in [3.63, 3.8) is 0 Å². The number of rotatable bonds is 6. The Kier molecular flexibility index (Phi) is 5.52. The Morgan fingerprint density at radius 2 is 1.78 bits per heavy atom. The van der Waals surface area contributed by atoms with Crippen LogP contribution in [0.25, 0.3) is 27.6 Å². The van der Waals surface area contributed by atoms with E-state index in [-0.39, 0.29) is 16.8 Å². The molecule has 0 radical (unpaired) electrons. The summed E-state index contributed by atoms with van der Waals surface area (Å²) in [5, 5.41) is 2.42. The fraction of sp³-hybridized carbons (Fsp3) is 0.324. The molecule has 0 spiro atoms. The van der Waals surface area contributed by atoms with E-state index in [2.05, 4.69) is 102 Å². The molecule has 2 heterocycles. The molecule has 2 aliphatic rings. The monoisotopic (exact) mass is 478 g/mol. The molecule has 184 valence electrons. The Morgan fingerprint density at radius 3 is 2.39 bits per heavy atom. The maximum absolute atomic E-state index is 15.8. The quantitative estimate of drug-likeness (QED) is 0.189. The van der Waals surface area contributed by atoms with E-state index in [1.807, 2.05) is 18.2 Å². The van der Waals surface area contributed by atoms with E-state index >= 15 is 4.39 Å². The van der Waals surface area contributed by atoms with Gasteiger partial charge in [-0.15, -0.1) is 0 Å². The van der Waals surface area contributed by atoms with Crippen molar-refractivity contribution in [1.29, 1.82) is 0 Å². The lowest BCUT2D eigenvalue weighted by Gasteiger charge is -2.49. The Labute approximate surface area is 215 Å². The minimum Gasteiger partial charge on any atom is -0.207 e. The zero-order valence-electron chi connectivity index (χ0n) is 22.5. The molecule has 0 fully saturated rings. The van der Waals surface area contributed by atoms with Gasteiger partial charge >= 0.3 is 0 Å². The number of pyridine rings is 1. The highest BCUT2D eigenvalue weighted by Gasteiger charge is 2.60. The van der Waals surface area contributed by atoms with E-state index in [0.717, 1.165) is 35.2 Å². The molecule has 1 aromatic heterocycles. The molecule has 36 heavy (non-hydrogen) atoms. The number of aromatic nitrogens is 1. The lowest BCUT2D eigenvalue weighted by molar-refractivity contribution is -0.755. The van der Waals surface area contributed by atoms with Crippen molar-refractivity contribution in [2.75, 3.05) is 0 Å². The smallest absolute Gasteiger partial charge is 0.207 e. The molecule has 5 rings (SSSR count). The van der Waals surface area contributed by atoms with Gasteiger partial charge in [0.15, 0.2) is 11.7 Å². The third kappa shape index (κ3) is 2.73. The first-order valence-corrected chi connectivity index (χ1v) is 13.1. The fourth-order valence-corrected chi connectivity index (χ4v) is 7.29. The van der Waals surface area contributed by atoms with Crippen LogP contribution in [0.2, 0.25) is 0 Å². The van der Waals surface area contributed by atoms with E-state index in [0.29, 0.717) is 0 Å². The van der Waals surface area contributed by atoms with Gasteiger partial charge in [0.1, 0.15) is 5.82 Å². The molecular formula is C34H37FN+. The molecule has 0 saturated carbocycles. The van der Waals surface area contributed by atoms with Crippen LogP contribution in [0, 0.1) is 5.82 Å². The summed E-state index contributed by atoms with van der Waals surface area (Å²) in [4.78, 5) is 0. The molecule has 2 atom stereocenters. The third-order valence-electron chi connectivity index (χ3n) is 9.38. The van der Waals surface area contributed by atoms with Gasteiger partial charge in [-0.1, -0.05) is 89.4 Å². The van der Waals surface area contributed by atoms with Crippen LogP contribution in [0.3, 0.4) is 0 Å². The van der Waals surface area contributed by atoms with Gasteiger partial charge in [0, 0.05) is 22.8 Å². The molecule has 1 nitrogen and oxygen atoms in total. The summed E-state index contributed by atoms with van der Waals surface area (Å²) in [5.41, 5.74) is 6.66. The Bertz CT molecular complexity index is 1500. The predicted octanol–water partition coefficient (Wildman–Crippen LogP) is 8.69. The molecule has 0 N–H and O–H groups in total. The highest BCUT2D eigenvalue weighted by atomic mass is 19.1. The average molecular weight is 479 g/mol. The topological polar surface area (TPSA) is 3.88 Å². The summed E-state index contributed by atoms with van der Waals surface area (Å²) in [6, 6.07) is 10.3. The van der Waals surface area contributed by atoms with Crippen molar-refractivity contribution in [1.82, 2.24) is 0 Å². The van der Waals surface area contributed by atoms with Crippen molar-refractivity contribution in [2.24, 2.45) is 0 Å². The van der Waals surface area contributed by atoms with Gasteiger partial charge in [-0.3, -0.25) is 0 Å². The number of allylic oxidation sites excluding steroid dienone is 6. The van der Waals surface area contributed by atoms with Gasteiger partial charge in [-0.25, -0.2) is 4.39 Å². The molecule has 1 aliphatic heterocycles. The summed E-state index contributed by atoms with van der Waals surface area (Å²) in [6.07, 6.45) is 14.3. The maximum atomic E-state index is 15.8. The lowest BCUT2D eigenvalue weighted by Crippen LogP contribution is -2.68. The molecule has 3 aromatic rings. The first kappa shape index (κ1) is 24.4. The van der Waals surface area contributed by atoms with Gasteiger partial charge in [0.25, 0.3) is 0 Å². The maximum Gasteiger partial charge on any atom is 0.222 e. The predicted molar refractivity (Wildman–Crippen MR) is 151 cm³/mol. The second-order valence-corrected chi connectivity index (χ2v) is 11.0. The summed E-state index contributed by atoms with van der Waals surface area (Å²) in [5.74, 6) is -0.124. The van der Waals surface area contributed by atoms with Crippen molar-refractivity contribution in [2.45, 2.75) is 70.8 Å². The SMILES string of the molecule is C=CC=CC(=CC)c1c[n+]2c3c4c(cccc14)C(C)(C)c1c(F)ccc(c1-3)C(C)(CC)C2(C=C)CC. The van der Waals surface area contributed by atoms with Crippen LogP contribution in [0.1, 0.15) is 76.6 Å². The third-order valence-corrected chi connectivity index (χ3v) is 9.38. The number of benzene rings is 2. The first-order valence-electron chi connectivity index (χ1n) is 13.1. The molecule has 2 aromatic carbocycles. The second kappa shape index (κ2) is 8.13. The average Bonchev–Trinajstić information content (AvgIpc) is 2.88. The van der Waals surface area contributed by atoms with E-state index in [9.17, 15) is 0 Å². The molecule has 0 bridgehead atoms. The number of halogens is 1. The van der Waals surface area contributed by atoms with Gasteiger partial charge in [-0.2, -0.15) is 4.57 Å². The minimum absolute atomic E-state index is 0.124. The van der Waals surface area contributed by atoms with E-state index in [1.54, 1.807) is 6.07 Å². The molecular weight excluding hydrogens is 441 g/mol. The van der Waals surface area contributed by atoms with Crippen LogP contribution in [0.15, 0.2) is 80.1 Å². The minimum atomic E-state index is -0.472. The van der Waals surface area contributed by atoms with Crippen LogP contribution < -0.4 is 4.57 Å². The molecule has 1 aliphatic carbocycles. The fourth-order valence-electron chi connectivity index (χ4n) is 7.29. The van der Waals surface area contributed by atoms with Crippen molar-refractivity contribution in [3.8, 4) is 11.3 Å². The largest absolute Gasteiger partial charge is 0.222 e. The van der Waals surface area contributed by atoms with E-state index in [4.69, 9.17) is 0 Å². The molecule has 2 heteroatoms. The van der Waals surface area contributed by atoms with Crippen molar-refractivity contribution < 1.29 is 8.96 Å². The highest BCUT2D eigenvalue weighted by Crippen LogP contribution is 2.58. The van der Waals surface area contributed by atoms with Crippen molar-refractivity contribution in [3.05, 3.63) is 108 Å². The van der Waals surface area contributed by atoms with Gasteiger partial charge in [0.2, 0.25) is 5.69 Å². The van der Waals surface area contributed by atoms with Crippen LogP contribution in [0.4, 0.5) is 4.39 Å². The van der Waals surface area contributed by atoms with Crippen LogP contribution >= 0.6 is 0 Å². The second-order valence-electron chi connectivity index (χ2n) is 11.0. The molecule has 0 amide bonds. The summed E-state index contributed by atoms with van der Waals surface area (Å²) < 4.78 is 18.3. The number of hydrogen-bond donors (Lipinski definition) is 0. The van der Waals surface area contributed by atoms with Crippen molar-refractivity contribution >= 4 is 16.3 Å². The van der Waals surface area contributed by atoms with E-state index < -0.39 is 5.41 Å². The lowest BCUT2D eigenvalue weighted by atomic mass is 9.56. The van der Waals surface area contributed by atoms with Crippen LogP contribution in [0.5, 0.6) is 0 Å². The van der Waals surface area contributed by atoms with Gasteiger partial charge in [0.05, 0.1) is 21.9 Å². The van der Waals surface area contributed by atoms with Gasteiger partial charge < -0.3 is 0 Å². The van der Waals surface area contributed by atoms with Crippen LogP contribution in [-0.4, -0.2) is 0 Å². The first-order chi connectivity index (χ1) is 17.2. The van der Waals surface area contributed by atoms with Gasteiger partial charge in [-0.05, 0) is 49.1 Å².